The highest BCUT2D eigenvalue weighted by atomic mass is 16.5. The fourth-order valence-corrected chi connectivity index (χ4v) is 3.84. The summed E-state index contributed by atoms with van der Waals surface area (Å²) >= 11 is 0. The van der Waals surface area contributed by atoms with E-state index in [1.807, 2.05) is 17.0 Å². The number of carbonyl (C=O) groups excluding carboxylic acids is 1. The Morgan fingerprint density at radius 3 is 2.93 bits per heavy atom. The molecule has 0 spiro atoms. The van der Waals surface area contributed by atoms with Gasteiger partial charge in [-0.1, -0.05) is 19.3 Å². The quantitative estimate of drug-likeness (QED) is 0.452. The molecule has 1 aromatic heterocycles. The third-order valence-corrected chi connectivity index (χ3v) is 5.32. The molecule has 7 nitrogen and oxygen atoms in total. The Labute approximate surface area is 161 Å². The minimum absolute atomic E-state index is 0.250. The van der Waals surface area contributed by atoms with Gasteiger partial charge >= 0.3 is 0 Å². The third-order valence-electron chi connectivity index (χ3n) is 5.32. The lowest BCUT2D eigenvalue weighted by atomic mass is 9.88. The van der Waals surface area contributed by atoms with E-state index in [4.69, 9.17) is 4.74 Å². The van der Waals surface area contributed by atoms with Crippen LogP contribution in [-0.4, -0.2) is 61.1 Å². The first-order valence-corrected chi connectivity index (χ1v) is 10.0. The minimum Gasteiger partial charge on any atom is -0.490 e. The van der Waals surface area contributed by atoms with Gasteiger partial charge in [-0.3, -0.25) is 14.8 Å². The molecule has 2 heterocycles. The number of nitrogens with one attached hydrogen (secondary N) is 2. The summed E-state index contributed by atoms with van der Waals surface area (Å²) in [5, 5.41) is 6.69. The first kappa shape index (κ1) is 19.5. The zero-order chi connectivity index (χ0) is 18.9. The Hall–Kier alpha value is -2.31. The van der Waals surface area contributed by atoms with Crippen molar-refractivity contribution in [3.05, 3.63) is 24.5 Å². The van der Waals surface area contributed by atoms with Crippen LogP contribution in [0.15, 0.2) is 29.5 Å². The smallest absolute Gasteiger partial charge is 0.225 e. The molecule has 3 rings (SSSR count). The second-order valence-corrected chi connectivity index (χ2v) is 7.29. The van der Waals surface area contributed by atoms with Gasteiger partial charge in [-0.05, 0) is 31.4 Å². The van der Waals surface area contributed by atoms with Crippen molar-refractivity contribution >= 4 is 11.9 Å². The predicted molar refractivity (Wildman–Crippen MR) is 106 cm³/mol. The first-order valence-electron chi connectivity index (χ1n) is 10.0. The van der Waals surface area contributed by atoms with Crippen LogP contribution in [-0.2, 0) is 4.79 Å². The molecule has 2 fully saturated rings. The molecule has 1 amide bonds. The van der Waals surface area contributed by atoms with Gasteiger partial charge in [-0.25, -0.2) is 0 Å². The van der Waals surface area contributed by atoms with Crippen molar-refractivity contribution in [2.24, 2.45) is 10.9 Å². The van der Waals surface area contributed by atoms with Crippen LogP contribution >= 0.6 is 0 Å². The normalized spacial score (nSPS) is 21.1. The molecule has 148 valence electrons. The average Bonchev–Trinajstić information content (AvgIpc) is 3.19. The number of aliphatic imine (C=N–C) groups is 1. The Kier molecular flexibility index (Phi) is 7.30. The van der Waals surface area contributed by atoms with Crippen molar-refractivity contribution in [1.29, 1.82) is 0 Å². The second-order valence-electron chi connectivity index (χ2n) is 7.29. The van der Waals surface area contributed by atoms with Gasteiger partial charge in [0, 0.05) is 38.3 Å². The van der Waals surface area contributed by atoms with Crippen molar-refractivity contribution in [2.45, 2.75) is 44.6 Å². The number of pyridine rings is 1. The summed E-state index contributed by atoms with van der Waals surface area (Å²) in [6, 6.07) is 3.99. The molecule has 1 aliphatic carbocycles. The summed E-state index contributed by atoms with van der Waals surface area (Å²) in [7, 11) is 1.76. The number of likely N-dealkylation sites (tertiary alicyclic amines) is 1. The van der Waals surface area contributed by atoms with Crippen LogP contribution < -0.4 is 15.4 Å². The lowest BCUT2D eigenvalue weighted by Gasteiger charge is -2.26. The van der Waals surface area contributed by atoms with Gasteiger partial charge in [-0.15, -0.1) is 0 Å². The maximum absolute atomic E-state index is 12.7. The molecular weight excluding hydrogens is 342 g/mol. The van der Waals surface area contributed by atoms with Crippen LogP contribution in [0.3, 0.4) is 0 Å². The highest BCUT2D eigenvalue weighted by Crippen LogP contribution is 2.26. The average molecular weight is 374 g/mol. The van der Waals surface area contributed by atoms with Gasteiger partial charge in [0.05, 0.1) is 12.7 Å². The predicted octanol–water partition coefficient (Wildman–Crippen LogP) is 1.81. The van der Waals surface area contributed by atoms with E-state index in [9.17, 15) is 4.79 Å². The van der Waals surface area contributed by atoms with Crippen molar-refractivity contribution in [2.75, 3.05) is 33.3 Å². The van der Waals surface area contributed by atoms with Crippen molar-refractivity contribution in [3.63, 3.8) is 0 Å². The van der Waals surface area contributed by atoms with Gasteiger partial charge in [0.15, 0.2) is 5.96 Å². The molecule has 2 aliphatic rings. The van der Waals surface area contributed by atoms with Crippen molar-refractivity contribution in [3.8, 4) is 5.75 Å². The molecule has 1 atom stereocenters. The van der Waals surface area contributed by atoms with Crippen LogP contribution in [0.2, 0.25) is 0 Å². The largest absolute Gasteiger partial charge is 0.490 e. The second kappa shape index (κ2) is 10.1. The summed E-state index contributed by atoms with van der Waals surface area (Å²) in [6.07, 6.45) is 10.2. The van der Waals surface area contributed by atoms with Gasteiger partial charge < -0.3 is 20.3 Å². The number of amides is 1. The Morgan fingerprint density at radius 2 is 2.19 bits per heavy atom. The number of rotatable bonds is 6. The number of nitrogens with zero attached hydrogens (tertiary/aromatic N) is 3. The Balaban J connectivity index is 1.36. The number of hydrogen-bond donors (Lipinski definition) is 2. The molecule has 27 heavy (non-hydrogen) atoms. The molecule has 1 unspecified atom stereocenters. The van der Waals surface area contributed by atoms with Gasteiger partial charge in [-0.2, -0.15) is 0 Å². The van der Waals surface area contributed by atoms with Gasteiger partial charge in [0.25, 0.3) is 0 Å². The fraction of sp³-hybridized carbons (Fsp3) is 0.650. The summed E-state index contributed by atoms with van der Waals surface area (Å²) in [5.41, 5.74) is 0. The summed E-state index contributed by atoms with van der Waals surface area (Å²) in [4.78, 5) is 23.0. The van der Waals surface area contributed by atoms with E-state index in [-0.39, 0.29) is 12.0 Å². The molecule has 1 aliphatic heterocycles. The molecule has 1 saturated heterocycles. The van der Waals surface area contributed by atoms with E-state index < -0.39 is 0 Å². The molecule has 7 heteroatoms. The maximum atomic E-state index is 12.7. The highest BCUT2D eigenvalue weighted by molar-refractivity contribution is 5.81. The lowest BCUT2D eigenvalue weighted by molar-refractivity contribution is -0.135. The fourth-order valence-electron chi connectivity index (χ4n) is 3.84. The zero-order valence-electron chi connectivity index (χ0n) is 16.2. The monoisotopic (exact) mass is 373 g/mol. The number of ether oxygens (including phenoxy) is 1. The molecule has 0 radical (unpaired) electrons. The Morgan fingerprint density at radius 1 is 1.33 bits per heavy atom. The van der Waals surface area contributed by atoms with E-state index >= 15 is 0 Å². The number of carbonyl (C=O) groups is 1. The van der Waals surface area contributed by atoms with Crippen LogP contribution in [0, 0.1) is 5.92 Å². The van der Waals surface area contributed by atoms with Crippen molar-refractivity contribution < 1.29 is 9.53 Å². The van der Waals surface area contributed by atoms with E-state index in [1.165, 1.54) is 19.3 Å². The van der Waals surface area contributed by atoms with Gasteiger partial charge in [0.2, 0.25) is 5.91 Å². The molecule has 2 N–H and O–H groups in total. The number of aromatic nitrogens is 1. The molecule has 1 saturated carbocycles. The van der Waals surface area contributed by atoms with E-state index in [2.05, 4.69) is 20.6 Å². The standard InChI is InChI=1S/C20H31N5O2/c1-21-20(23-11-13-27-18-8-5-10-22-14-18)24-17-9-12-25(15-17)19(26)16-6-3-2-4-7-16/h5,8,10,14,16-17H,2-4,6-7,9,11-13,15H2,1H3,(H2,21,23,24). The summed E-state index contributed by atoms with van der Waals surface area (Å²) in [5.74, 6) is 2.11. The molecule has 0 aromatic carbocycles. The van der Waals surface area contributed by atoms with Crippen molar-refractivity contribution in [1.82, 2.24) is 20.5 Å². The maximum Gasteiger partial charge on any atom is 0.225 e. The lowest BCUT2D eigenvalue weighted by Crippen LogP contribution is -2.46. The third kappa shape index (κ3) is 5.84. The number of hydrogen-bond acceptors (Lipinski definition) is 4. The van der Waals surface area contributed by atoms with E-state index in [0.717, 1.165) is 44.1 Å². The SMILES string of the molecule is CN=C(NCCOc1cccnc1)NC1CCN(C(=O)C2CCCCC2)C1. The van der Waals surface area contributed by atoms with E-state index in [1.54, 1.807) is 19.4 Å². The Bertz CT molecular complexity index is 616. The highest BCUT2D eigenvalue weighted by Gasteiger charge is 2.31. The molecular formula is C20H31N5O2. The van der Waals surface area contributed by atoms with Crippen LogP contribution in [0.4, 0.5) is 0 Å². The first-order chi connectivity index (χ1) is 13.3. The summed E-state index contributed by atoms with van der Waals surface area (Å²) < 4.78 is 5.63. The van der Waals surface area contributed by atoms with Gasteiger partial charge in [0.1, 0.15) is 12.4 Å². The minimum atomic E-state index is 0.250. The molecule has 1 aromatic rings. The van der Waals surface area contributed by atoms with Crippen LogP contribution in [0.5, 0.6) is 5.75 Å². The van der Waals surface area contributed by atoms with E-state index in [0.29, 0.717) is 19.1 Å². The number of guanidine groups is 1. The summed E-state index contributed by atoms with van der Waals surface area (Å²) in [6.45, 7) is 2.78. The van der Waals surface area contributed by atoms with Crippen LogP contribution in [0.25, 0.3) is 0 Å². The topological polar surface area (TPSA) is 78.9 Å². The zero-order valence-corrected chi connectivity index (χ0v) is 16.2. The molecule has 0 bridgehead atoms. The van der Waals surface area contributed by atoms with Crippen LogP contribution in [0.1, 0.15) is 38.5 Å².